The van der Waals surface area contributed by atoms with Crippen LogP contribution in [0.2, 0.25) is 0 Å². The minimum Gasteiger partial charge on any atom is -0.352 e. The number of benzene rings is 2. The Kier molecular flexibility index (Phi) is 4.37. The number of rotatable bonds is 4. The van der Waals surface area contributed by atoms with Crippen LogP contribution in [0.1, 0.15) is 31.4 Å². The van der Waals surface area contributed by atoms with Crippen molar-refractivity contribution in [3.05, 3.63) is 74.7 Å². The van der Waals surface area contributed by atoms with Crippen LogP contribution in [0.4, 0.5) is 4.39 Å². The number of aryl methyl sites for hydroxylation is 1. The predicted molar refractivity (Wildman–Crippen MR) is 104 cm³/mol. The van der Waals surface area contributed by atoms with Gasteiger partial charge < -0.3 is 5.32 Å². The lowest BCUT2D eigenvalue weighted by atomic mass is 10.1. The van der Waals surface area contributed by atoms with Gasteiger partial charge in [0.05, 0.1) is 16.6 Å². The van der Waals surface area contributed by atoms with Crippen LogP contribution in [0, 0.1) is 12.7 Å². The van der Waals surface area contributed by atoms with Crippen molar-refractivity contribution in [2.75, 3.05) is 0 Å². The van der Waals surface area contributed by atoms with Crippen molar-refractivity contribution >= 4 is 16.8 Å². The molecule has 0 saturated heterocycles. The summed E-state index contributed by atoms with van der Waals surface area (Å²) in [7, 11) is 0. The number of hydrogen-bond donors (Lipinski definition) is 1. The van der Waals surface area contributed by atoms with E-state index in [2.05, 4.69) is 5.32 Å². The van der Waals surface area contributed by atoms with Crippen molar-refractivity contribution in [2.24, 2.45) is 0 Å². The molecule has 1 atom stereocenters. The molecule has 0 aliphatic heterocycles. The van der Waals surface area contributed by atoms with Gasteiger partial charge in [-0.25, -0.2) is 13.8 Å². The molecule has 1 aliphatic carbocycles. The van der Waals surface area contributed by atoms with Gasteiger partial charge in [-0.2, -0.15) is 0 Å². The van der Waals surface area contributed by atoms with Gasteiger partial charge in [0.15, 0.2) is 0 Å². The van der Waals surface area contributed by atoms with E-state index in [0.717, 1.165) is 23.0 Å². The maximum atomic E-state index is 14.4. The first-order valence-electron chi connectivity index (χ1n) is 9.21. The maximum Gasteiger partial charge on any atom is 0.336 e. The summed E-state index contributed by atoms with van der Waals surface area (Å²) in [6, 6.07) is 9.97. The molecule has 1 N–H and O–H groups in total. The van der Waals surface area contributed by atoms with Gasteiger partial charge in [0.25, 0.3) is 5.56 Å². The molecule has 0 spiro atoms. The lowest BCUT2D eigenvalue weighted by Crippen LogP contribution is -2.44. The number of amides is 1. The van der Waals surface area contributed by atoms with Crippen LogP contribution in [0.15, 0.2) is 52.1 Å². The van der Waals surface area contributed by atoms with Crippen LogP contribution >= 0.6 is 0 Å². The second-order valence-electron chi connectivity index (χ2n) is 7.22. The molecule has 2 aromatic carbocycles. The zero-order valence-corrected chi connectivity index (χ0v) is 15.6. The minimum absolute atomic E-state index is 0.135. The maximum absolute atomic E-state index is 14.4. The molecule has 0 bridgehead atoms. The van der Waals surface area contributed by atoms with Gasteiger partial charge in [-0.1, -0.05) is 23.8 Å². The van der Waals surface area contributed by atoms with Gasteiger partial charge in [0.1, 0.15) is 11.9 Å². The summed E-state index contributed by atoms with van der Waals surface area (Å²) in [5.41, 5.74) is -0.314. The number of carbonyl (C=O) groups excluding carboxylic acids is 1. The average Bonchev–Trinajstić information content (AvgIpc) is 3.47. The fraction of sp³-hybridized carbons (Fsp3) is 0.286. The predicted octanol–water partition coefficient (Wildman–Crippen LogP) is 2.44. The van der Waals surface area contributed by atoms with Crippen LogP contribution in [-0.2, 0) is 4.79 Å². The number of halogens is 1. The third-order valence-corrected chi connectivity index (χ3v) is 5.03. The molecule has 1 amide bonds. The topological polar surface area (TPSA) is 73.1 Å². The Labute approximate surface area is 160 Å². The van der Waals surface area contributed by atoms with E-state index in [4.69, 9.17) is 0 Å². The first-order chi connectivity index (χ1) is 13.4. The molecule has 1 saturated carbocycles. The molecule has 0 radical (unpaired) electrons. The summed E-state index contributed by atoms with van der Waals surface area (Å²) < 4.78 is 16.5. The molecule has 1 aliphatic rings. The van der Waals surface area contributed by atoms with Crippen molar-refractivity contribution in [1.82, 2.24) is 14.5 Å². The highest BCUT2D eigenvalue weighted by atomic mass is 19.1. The van der Waals surface area contributed by atoms with E-state index in [0.29, 0.717) is 5.52 Å². The number of nitrogens with zero attached hydrogens (tertiary/aromatic N) is 2. The van der Waals surface area contributed by atoms with E-state index >= 15 is 0 Å². The lowest BCUT2D eigenvalue weighted by Gasteiger charge is -2.20. The normalized spacial score (nSPS) is 14.8. The summed E-state index contributed by atoms with van der Waals surface area (Å²) >= 11 is 0. The third kappa shape index (κ3) is 3.02. The Bertz CT molecular complexity index is 1210. The molecule has 0 unspecified atom stereocenters. The smallest absolute Gasteiger partial charge is 0.336 e. The van der Waals surface area contributed by atoms with Gasteiger partial charge in [0, 0.05) is 6.04 Å². The molecule has 3 aromatic rings. The monoisotopic (exact) mass is 381 g/mol. The quantitative estimate of drug-likeness (QED) is 0.754. The van der Waals surface area contributed by atoms with Gasteiger partial charge in [-0.15, -0.1) is 0 Å². The summed E-state index contributed by atoms with van der Waals surface area (Å²) in [6.45, 7) is 3.43. The summed E-state index contributed by atoms with van der Waals surface area (Å²) in [5, 5.41) is 3.14. The number of nitrogens with one attached hydrogen (secondary N) is 1. The zero-order valence-electron chi connectivity index (χ0n) is 15.6. The van der Waals surface area contributed by atoms with Crippen LogP contribution in [0.3, 0.4) is 0 Å². The molecule has 7 heteroatoms. The highest BCUT2D eigenvalue weighted by molar-refractivity contribution is 5.85. The molecule has 1 aromatic heterocycles. The molecule has 144 valence electrons. The average molecular weight is 381 g/mol. The summed E-state index contributed by atoms with van der Waals surface area (Å²) in [5.74, 6) is -0.986. The number of carbonyl (C=O) groups is 1. The van der Waals surface area contributed by atoms with Crippen LogP contribution in [-0.4, -0.2) is 21.1 Å². The first-order valence-corrected chi connectivity index (χ1v) is 9.21. The Morgan fingerprint density at radius 2 is 1.89 bits per heavy atom. The molecular formula is C21H20FN3O3. The van der Waals surface area contributed by atoms with Crippen molar-refractivity contribution in [2.45, 2.75) is 38.8 Å². The third-order valence-electron chi connectivity index (χ3n) is 5.03. The Balaban J connectivity index is 2.03. The highest BCUT2D eigenvalue weighted by Crippen LogP contribution is 2.21. The fourth-order valence-corrected chi connectivity index (χ4v) is 3.34. The van der Waals surface area contributed by atoms with Crippen LogP contribution < -0.4 is 16.6 Å². The number of fused-ring (bicyclic) bond motifs is 1. The molecule has 1 heterocycles. The van der Waals surface area contributed by atoms with Gasteiger partial charge in [-0.3, -0.25) is 14.2 Å². The SMILES string of the molecule is Cc1ccc2c(c1)c(=O)n(-c1ccccc1F)c(=O)n2[C@H](C)C(=O)NC1CC1. The highest BCUT2D eigenvalue weighted by Gasteiger charge is 2.28. The number of aromatic nitrogens is 2. The van der Waals surface area contributed by atoms with Crippen LogP contribution in [0.25, 0.3) is 16.6 Å². The molecule has 6 nitrogen and oxygen atoms in total. The van der Waals surface area contributed by atoms with E-state index in [1.165, 1.54) is 22.8 Å². The Morgan fingerprint density at radius 3 is 2.57 bits per heavy atom. The minimum atomic E-state index is -0.850. The van der Waals surface area contributed by atoms with Gasteiger partial charge in [0.2, 0.25) is 5.91 Å². The van der Waals surface area contributed by atoms with E-state index in [1.807, 2.05) is 6.92 Å². The van der Waals surface area contributed by atoms with E-state index in [9.17, 15) is 18.8 Å². The van der Waals surface area contributed by atoms with Crippen molar-refractivity contribution in [3.8, 4) is 5.69 Å². The fourth-order valence-electron chi connectivity index (χ4n) is 3.34. The van der Waals surface area contributed by atoms with E-state index in [1.54, 1.807) is 31.2 Å². The van der Waals surface area contributed by atoms with Crippen molar-refractivity contribution in [3.63, 3.8) is 0 Å². The zero-order chi connectivity index (χ0) is 20.0. The molecule has 1 fully saturated rings. The number of hydrogen-bond acceptors (Lipinski definition) is 3. The second-order valence-corrected chi connectivity index (χ2v) is 7.22. The summed E-state index contributed by atoms with van der Waals surface area (Å²) in [4.78, 5) is 39.0. The molecule has 28 heavy (non-hydrogen) atoms. The number of para-hydroxylation sites is 1. The van der Waals surface area contributed by atoms with Crippen LogP contribution in [0.5, 0.6) is 0 Å². The molecule has 4 rings (SSSR count). The lowest BCUT2D eigenvalue weighted by molar-refractivity contribution is -0.124. The first kappa shape index (κ1) is 18.2. The van der Waals surface area contributed by atoms with Gasteiger partial charge >= 0.3 is 5.69 Å². The van der Waals surface area contributed by atoms with E-state index < -0.39 is 23.1 Å². The van der Waals surface area contributed by atoms with Crippen molar-refractivity contribution in [1.29, 1.82) is 0 Å². The summed E-state index contributed by atoms with van der Waals surface area (Å²) in [6.07, 6.45) is 1.84. The van der Waals surface area contributed by atoms with E-state index in [-0.39, 0.29) is 23.0 Å². The standard InChI is InChI=1S/C21H20FN3O3/c1-12-7-10-17-15(11-12)20(27)25(18-6-4-3-5-16(18)22)21(28)24(17)13(2)19(26)23-14-8-9-14/h3-7,10-11,13-14H,8-9H2,1-2H3,(H,23,26)/t13-/m1/s1. The molecular weight excluding hydrogens is 361 g/mol. The Hall–Kier alpha value is -3.22. The largest absolute Gasteiger partial charge is 0.352 e. The van der Waals surface area contributed by atoms with Crippen molar-refractivity contribution < 1.29 is 9.18 Å². The Morgan fingerprint density at radius 1 is 1.18 bits per heavy atom. The second kappa shape index (κ2) is 6.74. The van der Waals surface area contributed by atoms with Gasteiger partial charge in [-0.05, 0) is 51.0 Å².